The van der Waals surface area contributed by atoms with Crippen molar-refractivity contribution in [2.45, 2.75) is 31.6 Å². The third-order valence-corrected chi connectivity index (χ3v) is 2.54. The van der Waals surface area contributed by atoms with Crippen LogP contribution in [0.5, 0.6) is 0 Å². The molecule has 0 spiro atoms. The van der Waals surface area contributed by atoms with Crippen LogP contribution in [0.1, 0.15) is 13.3 Å². The average Bonchev–Trinajstić information content (AvgIpc) is 2.28. The molecule has 2 unspecified atom stereocenters. The van der Waals surface area contributed by atoms with Crippen molar-refractivity contribution < 1.29 is 30.6 Å². The number of aliphatic hydroxyl groups excluding tert-OH is 4. The summed E-state index contributed by atoms with van der Waals surface area (Å²) < 4.78 is 4.72. The monoisotopic (exact) mass is 258 g/mol. The van der Waals surface area contributed by atoms with E-state index >= 15 is 0 Å². The van der Waals surface area contributed by atoms with Crippen LogP contribution >= 0.6 is 0 Å². The highest BCUT2D eigenvalue weighted by atomic mass is 28.1. The van der Waals surface area contributed by atoms with Crippen LogP contribution in [-0.4, -0.2) is 74.8 Å². The van der Waals surface area contributed by atoms with E-state index < -0.39 is 12.2 Å². The maximum atomic E-state index is 8.72. The Morgan fingerprint density at radius 3 is 1.56 bits per heavy atom. The molecule has 0 saturated carbocycles. The number of hydrogen-bond acceptors (Lipinski definition) is 5. The second-order valence-electron chi connectivity index (χ2n) is 3.21. The summed E-state index contributed by atoms with van der Waals surface area (Å²) in [6.45, 7) is 1.42. The van der Waals surface area contributed by atoms with Gasteiger partial charge in [0.25, 0.3) is 0 Å². The maximum Gasteiger partial charge on any atom is 0.100 e. The zero-order valence-corrected chi connectivity index (χ0v) is 12.1. The molecular weight excluding hydrogens is 232 g/mol. The first-order valence-electron chi connectivity index (χ1n) is 5.27. The van der Waals surface area contributed by atoms with Crippen LogP contribution in [0.25, 0.3) is 0 Å². The van der Waals surface area contributed by atoms with Gasteiger partial charge in [-0.1, -0.05) is 19.4 Å². The van der Waals surface area contributed by atoms with Gasteiger partial charge < -0.3 is 30.6 Å². The molecule has 102 valence electrons. The highest BCUT2D eigenvalue weighted by molar-refractivity contribution is 6.08. The van der Waals surface area contributed by atoms with E-state index in [1.165, 1.54) is 22.7 Å². The summed E-state index contributed by atoms with van der Waals surface area (Å²) in [6.07, 6.45) is -0.451. The van der Waals surface area contributed by atoms with Gasteiger partial charge in [0.15, 0.2) is 0 Å². The van der Waals surface area contributed by atoms with E-state index in [1.54, 1.807) is 0 Å². The highest BCUT2D eigenvalue weighted by Crippen LogP contribution is 1.87. The molecular formula is C9H26O6Si. The molecule has 0 aromatic rings. The lowest BCUT2D eigenvalue weighted by atomic mass is 10.4. The van der Waals surface area contributed by atoms with Gasteiger partial charge >= 0.3 is 0 Å². The molecule has 6 nitrogen and oxygen atoms in total. The van der Waals surface area contributed by atoms with E-state index in [4.69, 9.17) is 25.2 Å². The normalized spacial score (nSPS) is 13.3. The summed E-state index contributed by atoms with van der Waals surface area (Å²) in [5.41, 5.74) is 0. The lowest BCUT2D eigenvalue weighted by Gasteiger charge is -2.10. The van der Waals surface area contributed by atoms with Gasteiger partial charge in [-0.05, 0) is 0 Å². The second-order valence-corrected chi connectivity index (χ2v) is 4.21. The Bertz CT molecular complexity index is 104. The lowest BCUT2D eigenvalue weighted by molar-refractivity contribution is -0.0364. The number of aliphatic hydroxyl groups is 4. The molecule has 0 saturated heterocycles. The molecule has 0 fully saturated rings. The Hall–Kier alpha value is -0.0231. The Morgan fingerprint density at radius 2 is 1.38 bits per heavy atom. The van der Waals surface area contributed by atoms with Gasteiger partial charge in [0, 0.05) is 10.2 Å². The average molecular weight is 258 g/mol. The summed E-state index contributed by atoms with van der Waals surface area (Å²) in [7, 11) is 1.39. The van der Waals surface area contributed by atoms with E-state index in [1.807, 2.05) is 0 Å². The molecule has 16 heavy (non-hydrogen) atoms. The number of rotatable bonds is 7. The maximum absolute atomic E-state index is 8.72. The van der Waals surface area contributed by atoms with Crippen LogP contribution < -0.4 is 0 Å². The van der Waals surface area contributed by atoms with Crippen molar-refractivity contribution in [3.8, 4) is 0 Å². The third kappa shape index (κ3) is 19.5. The van der Waals surface area contributed by atoms with Gasteiger partial charge in [-0.15, -0.1) is 0 Å². The summed E-state index contributed by atoms with van der Waals surface area (Å²) in [4.78, 5) is 0. The first-order chi connectivity index (χ1) is 7.12. The predicted molar refractivity (Wildman–Crippen MR) is 65.7 cm³/mol. The Morgan fingerprint density at radius 1 is 1.06 bits per heavy atom. The van der Waals surface area contributed by atoms with Gasteiger partial charge in [0.05, 0.1) is 26.4 Å². The Labute approximate surface area is 99.6 Å². The SMILES string of the molecule is CCC[SiH3].O.OCC(O)COCC(O)CO. The summed E-state index contributed by atoms with van der Waals surface area (Å²) in [5, 5.41) is 34.1. The highest BCUT2D eigenvalue weighted by Gasteiger charge is 2.04. The van der Waals surface area contributed by atoms with E-state index in [9.17, 15) is 0 Å². The molecule has 0 aliphatic rings. The minimum Gasteiger partial charge on any atom is -0.412 e. The molecule has 0 aliphatic carbocycles. The van der Waals surface area contributed by atoms with Crippen LogP contribution in [0.4, 0.5) is 0 Å². The topological polar surface area (TPSA) is 122 Å². The van der Waals surface area contributed by atoms with Gasteiger partial charge in [-0.3, -0.25) is 0 Å². The van der Waals surface area contributed by atoms with Gasteiger partial charge in [-0.2, -0.15) is 0 Å². The first-order valence-corrected chi connectivity index (χ1v) is 6.69. The van der Waals surface area contributed by atoms with E-state index in [0.29, 0.717) is 0 Å². The van der Waals surface area contributed by atoms with Crippen molar-refractivity contribution in [3.05, 3.63) is 0 Å². The number of hydrogen-bond donors (Lipinski definition) is 4. The number of ether oxygens (including phenoxy) is 1. The van der Waals surface area contributed by atoms with E-state index in [2.05, 4.69) is 6.92 Å². The van der Waals surface area contributed by atoms with Gasteiger partial charge in [0.2, 0.25) is 0 Å². The smallest absolute Gasteiger partial charge is 0.100 e. The molecule has 0 aromatic heterocycles. The van der Waals surface area contributed by atoms with Crippen molar-refractivity contribution in [2.75, 3.05) is 26.4 Å². The molecule has 0 amide bonds. The van der Waals surface area contributed by atoms with Crippen LogP contribution in [0.2, 0.25) is 6.04 Å². The Kier molecular flexibility index (Phi) is 23.1. The molecule has 0 aromatic carbocycles. The summed E-state index contributed by atoms with van der Waals surface area (Å²) in [5.74, 6) is 0. The van der Waals surface area contributed by atoms with Crippen LogP contribution in [-0.2, 0) is 4.74 Å². The molecule has 0 rings (SSSR count). The van der Waals surface area contributed by atoms with Crippen molar-refractivity contribution in [3.63, 3.8) is 0 Å². The molecule has 6 N–H and O–H groups in total. The summed E-state index contributed by atoms with van der Waals surface area (Å²) >= 11 is 0. The van der Waals surface area contributed by atoms with Crippen molar-refractivity contribution >= 4 is 10.2 Å². The van der Waals surface area contributed by atoms with Crippen molar-refractivity contribution in [2.24, 2.45) is 0 Å². The molecule has 2 atom stereocenters. The fraction of sp³-hybridized carbons (Fsp3) is 1.00. The van der Waals surface area contributed by atoms with Gasteiger partial charge in [-0.25, -0.2) is 0 Å². The van der Waals surface area contributed by atoms with Crippen LogP contribution in [0.15, 0.2) is 0 Å². The predicted octanol–water partition coefficient (Wildman–Crippen LogP) is -2.94. The third-order valence-electron chi connectivity index (χ3n) is 1.54. The minimum absolute atomic E-state index is 0. The summed E-state index contributed by atoms with van der Waals surface area (Å²) in [6, 6.07) is 1.46. The Balaban J connectivity index is -0.000000292. The lowest BCUT2D eigenvalue weighted by Crippen LogP contribution is -2.25. The second kappa shape index (κ2) is 17.4. The molecule has 0 aliphatic heterocycles. The zero-order valence-electron chi connectivity index (χ0n) is 10.1. The standard InChI is InChI=1S/C6H14O5.C3H10Si.H2O/c7-1-5(9)3-11-4-6(10)2-8;1-2-3-4;/h5-10H,1-4H2;2-3H2,1,4H3;1H2. The quantitative estimate of drug-likeness (QED) is 0.364. The molecule has 7 heteroatoms. The van der Waals surface area contributed by atoms with Crippen molar-refractivity contribution in [1.29, 1.82) is 0 Å². The minimum atomic E-state index is -0.916. The fourth-order valence-corrected chi connectivity index (χ4v) is 0.446. The van der Waals surface area contributed by atoms with Crippen LogP contribution in [0, 0.1) is 0 Å². The van der Waals surface area contributed by atoms with Crippen molar-refractivity contribution in [1.82, 2.24) is 0 Å². The van der Waals surface area contributed by atoms with E-state index in [0.717, 1.165) is 0 Å². The first kappa shape index (κ1) is 21.3. The molecule has 0 heterocycles. The largest absolute Gasteiger partial charge is 0.412 e. The fourth-order valence-electron chi connectivity index (χ4n) is 0.446. The van der Waals surface area contributed by atoms with Gasteiger partial charge in [0.1, 0.15) is 12.2 Å². The van der Waals surface area contributed by atoms with E-state index in [-0.39, 0.29) is 31.9 Å². The van der Waals surface area contributed by atoms with Crippen LogP contribution in [0.3, 0.4) is 0 Å². The zero-order chi connectivity index (χ0) is 12.1. The molecule has 0 bridgehead atoms. The molecule has 0 radical (unpaired) electrons.